The molecule has 0 aliphatic rings. The number of nitrogens with zero attached hydrogens (tertiary/aromatic N) is 2. The Balaban J connectivity index is 1.50. The van der Waals surface area contributed by atoms with Gasteiger partial charge in [-0.3, -0.25) is 10.1 Å². The Bertz CT molecular complexity index is 1070. The first-order valence-corrected chi connectivity index (χ1v) is 8.96. The lowest BCUT2D eigenvalue weighted by Gasteiger charge is -2.08. The van der Waals surface area contributed by atoms with Crippen LogP contribution in [0, 0.1) is 13.8 Å². The molecule has 0 saturated heterocycles. The molecule has 1 aromatic heterocycles. The monoisotopic (exact) mass is 392 g/mol. The molecule has 29 heavy (non-hydrogen) atoms. The molecule has 1 heterocycles. The van der Waals surface area contributed by atoms with E-state index in [-0.39, 0.29) is 12.1 Å². The fourth-order valence-corrected chi connectivity index (χ4v) is 2.56. The molecule has 0 spiro atoms. The molecule has 0 aliphatic heterocycles. The van der Waals surface area contributed by atoms with Gasteiger partial charge in [-0.1, -0.05) is 30.3 Å². The van der Waals surface area contributed by atoms with E-state index in [1.54, 1.807) is 18.2 Å². The maximum Gasteiger partial charge on any atom is 0.338 e. The van der Waals surface area contributed by atoms with Gasteiger partial charge in [0.2, 0.25) is 0 Å². The van der Waals surface area contributed by atoms with Crippen LogP contribution in [0.3, 0.4) is 0 Å². The Morgan fingerprint density at radius 2 is 1.62 bits per heavy atom. The number of esters is 1. The summed E-state index contributed by atoms with van der Waals surface area (Å²) in [7, 11) is 0. The molecule has 0 saturated carbocycles. The number of aromatic nitrogens is 2. The zero-order chi connectivity index (χ0) is 20.8. The van der Waals surface area contributed by atoms with Gasteiger partial charge >= 0.3 is 12.0 Å². The largest absolute Gasteiger partial charge is 0.452 e. The zero-order valence-corrected chi connectivity index (χ0v) is 16.1. The van der Waals surface area contributed by atoms with Crippen LogP contribution in [-0.4, -0.2) is 34.5 Å². The molecule has 0 aliphatic carbocycles. The lowest BCUT2D eigenvalue weighted by Crippen LogP contribution is -2.41. The first-order chi connectivity index (χ1) is 13.9. The summed E-state index contributed by atoms with van der Waals surface area (Å²) in [6, 6.07) is 13.4. The third-order valence-corrected chi connectivity index (χ3v) is 4.19. The number of ether oxygens (including phenoxy) is 1. The number of imide groups is 1. The number of carbonyl (C=O) groups excluding carboxylic acids is 3. The van der Waals surface area contributed by atoms with E-state index in [0.29, 0.717) is 11.0 Å². The average Bonchev–Trinajstić information content (AvgIpc) is 2.72. The molecule has 0 radical (unpaired) electrons. The highest BCUT2D eigenvalue weighted by molar-refractivity contribution is 5.98. The van der Waals surface area contributed by atoms with E-state index in [4.69, 9.17) is 4.74 Å². The van der Waals surface area contributed by atoms with Gasteiger partial charge in [-0.25, -0.2) is 19.6 Å². The summed E-state index contributed by atoms with van der Waals surface area (Å²) in [5, 5.41) is 4.66. The number of urea groups is 1. The van der Waals surface area contributed by atoms with Crippen LogP contribution in [0.25, 0.3) is 11.0 Å². The Kier molecular flexibility index (Phi) is 6.13. The van der Waals surface area contributed by atoms with E-state index in [1.165, 1.54) is 0 Å². The quantitative estimate of drug-likeness (QED) is 0.645. The topological polar surface area (TPSA) is 110 Å². The summed E-state index contributed by atoms with van der Waals surface area (Å²) in [5.74, 6) is -1.41. The molecular formula is C21H20N4O4. The van der Waals surface area contributed by atoms with Crippen LogP contribution in [0.15, 0.2) is 48.5 Å². The zero-order valence-electron chi connectivity index (χ0n) is 16.1. The summed E-state index contributed by atoms with van der Waals surface area (Å²) in [5.41, 5.74) is 3.95. The van der Waals surface area contributed by atoms with Crippen molar-refractivity contribution in [3.8, 4) is 0 Å². The van der Waals surface area contributed by atoms with Crippen molar-refractivity contribution in [3.05, 3.63) is 71.0 Å². The summed E-state index contributed by atoms with van der Waals surface area (Å²) >= 11 is 0. The minimum absolute atomic E-state index is 0.247. The van der Waals surface area contributed by atoms with Gasteiger partial charge < -0.3 is 10.1 Å². The Morgan fingerprint density at radius 1 is 0.931 bits per heavy atom. The number of benzene rings is 2. The summed E-state index contributed by atoms with van der Waals surface area (Å²) < 4.78 is 4.98. The highest BCUT2D eigenvalue weighted by Gasteiger charge is 2.14. The van der Waals surface area contributed by atoms with Gasteiger partial charge in [-0.15, -0.1) is 0 Å². The van der Waals surface area contributed by atoms with Crippen LogP contribution in [0.1, 0.15) is 27.3 Å². The number of amides is 3. The normalized spacial score (nSPS) is 10.4. The van der Waals surface area contributed by atoms with E-state index < -0.39 is 24.5 Å². The van der Waals surface area contributed by atoms with Crippen molar-refractivity contribution in [1.29, 1.82) is 0 Å². The van der Waals surface area contributed by atoms with Gasteiger partial charge in [-0.2, -0.15) is 0 Å². The second kappa shape index (κ2) is 8.92. The average molecular weight is 392 g/mol. The van der Waals surface area contributed by atoms with Crippen LogP contribution >= 0.6 is 0 Å². The molecule has 3 aromatic rings. The number of rotatable bonds is 5. The van der Waals surface area contributed by atoms with Crippen LogP contribution in [0.4, 0.5) is 4.79 Å². The van der Waals surface area contributed by atoms with Crippen molar-refractivity contribution in [2.75, 3.05) is 6.61 Å². The third kappa shape index (κ3) is 5.35. The van der Waals surface area contributed by atoms with E-state index in [0.717, 1.165) is 17.0 Å². The smallest absolute Gasteiger partial charge is 0.338 e. The van der Waals surface area contributed by atoms with Crippen molar-refractivity contribution >= 4 is 28.9 Å². The number of nitrogens with one attached hydrogen (secondary N) is 2. The maximum atomic E-state index is 12.2. The highest BCUT2D eigenvalue weighted by atomic mass is 16.5. The van der Waals surface area contributed by atoms with Gasteiger partial charge in [0.1, 0.15) is 0 Å². The van der Waals surface area contributed by atoms with Crippen molar-refractivity contribution in [1.82, 2.24) is 20.6 Å². The highest BCUT2D eigenvalue weighted by Crippen LogP contribution is 2.15. The Hall–Kier alpha value is -3.81. The van der Waals surface area contributed by atoms with Crippen LogP contribution in [0.5, 0.6) is 0 Å². The lowest BCUT2D eigenvalue weighted by molar-refractivity contribution is -0.123. The molecule has 0 bridgehead atoms. The predicted octanol–water partition coefficient (Wildman–Crippen LogP) is 2.43. The van der Waals surface area contributed by atoms with E-state index in [9.17, 15) is 14.4 Å². The molecule has 2 aromatic carbocycles. The second-order valence-corrected chi connectivity index (χ2v) is 6.39. The lowest BCUT2D eigenvalue weighted by atomic mass is 10.2. The second-order valence-electron chi connectivity index (χ2n) is 6.39. The molecule has 0 unspecified atom stereocenters. The van der Waals surface area contributed by atoms with Crippen molar-refractivity contribution < 1.29 is 19.1 Å². The molecule has 148 valence electrons. The fraction of sp³-hybridized carbons (Fsp3) is 0.190. The number of hydrogen-bond donors (Lipinski definition) is 2. The van der Waals surface area contributed by atoms with Crippen LogP contribution in [-0.2, 0) is 16.1 Å². The van der Waals surface area contributed by atoms with Crippen molar-refractivity contribution in [2.24, 2.45) is 0 Å². The molecule has 8 nitrogen and oxygen atoms in total. The first-order valence-electron chi connectivity index (χ1n) is 8.96. The van der Waals surface area contributed by atoms with Gasteiger partial charge in [0.05, 0.1) is 28.0 Å². The van der Waals surface area contributed by atoms with Crippen LogP contribution in [0.2, 0.25) is 0 Å². The summed E-state index contributed by atoms with van der Waals surface area (Å²) in [4.78, 5) is 44.6. The molecule has 3 rings (SSSR count). The molecule has 0 atom stereocenters. The van der Waals surface area contributed by atoms with E-state index in [1.807, 2.05) is 44.2 Å². The maximum absolute atomic E-state index is 12.2. The molecular weight excluding hydrogens is 372 g/mol. The third-order valence-electron chi connectivity index (χ3n) is 4.19. The van der Waals surface area contributed by atoms with Gasteiger partial charge in [0, 0.05) is 6.54 Å². The number of hydrogen-bond acceptors (Lipinski definition) is 6. The molecule has 8 heteroatoms. The Labute approximate surface area is 167 Å². The van der Waals surface area contributed by atoms with Gasteiger partial charge in [0.25, 0.3) is 5.91 Å². The number of aryl methyl sites for hydroxylation is 2. The minimum atomic E-state index is -0.726. The molecule has 2 N–H and O–H groups in total. The summed E-state index contributed by atoms with van der Waals surface area (Å²) in [6.45, 7) is 3.39. The van der Waals surface area contributed by atoms with Gasteiger partial charge in [0.15, 0.2) is 6.61 Å². The first kappa shape index (κ1) is 19.9. The Morgan fingerprint density at radius 3 is 2.34 bits per heavy atom. The number of carbonyl (C=O) groups is 3. The van der Waals surface area contributed by atoms with E-state index >= 15 is 0 Å². The molecule has 0 fully saturated rings. The number of fused-ring (bicyclic) bond motifs is 1. The minimum Gasteiger partial charge on any atom is -0.452 e. The summed E-state index contributed by atoms with van der Waals surface area (Å²) in [6.07, 6.45) is 0. The predicted molar refractivity (Wildman–Crippen MR) is 106 cm³/mol. The van der Waals surface area contributed by atoms with E-state index in [2.05, 4.69) is 20.6 Å². The SMILES string of the molecule is Cc1nc2ccc(C(=O)OCC(=O)NC(=O)NCc3ccccc3)cc2nc1C. The van der Waals surface area contributed by atoms with Crippen molar-refractivity contribution in [2.45, 2.75) is 20.4 Å². The fourth-order valence-electron chi connectivity index (χ4n) is 2.56. The standard InChI is InChI=1S/C21H20N4O4/c1-13-14(2)24-18-10-16(8-9-17(18)23-13)20(27)29-12-19(26)25-21(28)22-11-15-6-4-3-5-7-15/h3-10H,11-12H2,1-2H3,(H2,22,25,26,28). The van der Waals surface area contributed by atoms with Gasteiger partial charge in [-0.05, 0) is 37.6 Å². The molecule has 3 amide bonds. The van der Waals surface area contributed by atoms with Crippen LogP contribution < -0.4 is 10.6 Å². The van der Waals surface area contributed by atoms with Crippen molar-refractivity contribution in [3.63, 3.8) is 0 Å².